The van der Waals surface area contributed by atoms with Crippen molar-refractivity contribution >= 4 is 11.7 Å². The number of carbonyl (C=O) groups excluding carboxylic acids is 1. The number of nitrogens with zero attached hydrogens (tertiary/aromatic N) is 6. The normalized spacial score (nSPS) is 20.1. The summed E-state index contributed by atoms with van der Waals surface area (Å²) >= 11 is 0. The van der Waals surface area contributed by atoms with E-state index < -0.39 is 0 Å². The van der Waals surface area contributed by atoms with Crippen LogP contribution in [0.3, 0.4) is 0 Å². The maximum Gasteiger partial charge on any atom is 0.228 e. The number of fused-ring (bicyclic) bond motifs is 1. The number of amides is 1. The zero-order chi connectivity index (χ0) is 21.4. The van der Waals surface area contributed by atoms with Crippen LogP contribution < -0.4 is 4.90 Å². The Bertz CT molecular complexity index is 934. The van der Waals surface area contributed by atoms with E-state index in [1.54, 1.807) is 0 Å². The van der Waals surface area contributed by atoms with Crippen LogP contribution in [-0.2, 0) is 24.8 Å². The lowest BCUT2D eigenvalue weighted by molar-refractivity contribution is -0.119. The predicted octanol–water partition coefficient (Wildman–Crippen LogP) is 3.49. The minimum absolute atomic E-state index is 0.181. The second kappa shape index (κ2) is 8.46. The standard InChI is InChI=1S/C23H34N6O/c1-15(2)13-29-21(30)10-9-19-16(3)25-22(26-23(19)29)20-8-6-7-11-28(20)14-18-12-24-27(5)17(18)4/h12,15,20H,6-11,13-14H2,1-5H3. The number of hydrogen-bond acceptors (Lipinski definition) is 5. The number of hydrogen-bond donors (Lipinski definition) is 0. The molecule has 1 unspecified atom stereocenters. The van der Waals surface area contributed by atoms with Crippen molar-refractivity contribution in [3.63, 3.8) is 0 Å². The van der Waals surface area contributed by atoms with E-state index in [2.05, 4.69) is 37.7 Å². The summed E-state index contributed by atoms with van der Waals surface area (Å²) in [6, 6.07) is 0.181. The van der Waals surface area contributed by atoms with Crippen molar-refractivity contribution in [2.75, 3.05) is 18.0 Å². The van der Waals surface area contributed by atoms with Crippen LogP contribution in [0.1, 0.15) is 73.9 Å². The number of aryl methyl sites for hydroxylation is 2. The van der Waals surface area contributed by atoms with Crippen molar-refractivity contribution in [1.29, 1.82) is 0 Å². The predicted molar refractivity (Wildman–Crippen MR) is 117 cm³/mol. The van der Waals surface area contributed by atoms with Gasteiger partial charge >= 0.3 is 0 Å². The molecule has 0 radical (unpaired) electrons. The fourth-order valence-corrected chi connectivity index (χ4v) is 4.70. The first kappa shape index (κ1) is 21.0. The van der Waals surface area contributed by atoms with E-state index in [0.717, 1.165) is 48.8 Å². The van der Waals surface area contributed by atoms with Crippen molar-refractivity contribution in [3.05, 3.63) is 34.5 Å². The van der Waals surface area contributed by atoms with Crippen LogP contribution in [0.2, 0.25) is 0 Å². The molecule has 162 valence electrons. The van der Waals surface area contributed by atoms with Crippen LogP contribution in [-0.4, -0.2) is 43.6 Å². The molecule has 4 rings (SSSR count). The number of anilines is 1. The molecule has 0 spiro atoms. The molecule has 0 bridgehead atoms. The highest BCUT2D eigenvalue weighted by Crippen LogP contribution is 2.35. The SMILES string of the molecule is Cc1nc(C2CCCCN2Cc2cnn(C)c2C)nc2c1CCC(=O)N2CC(C)C. The van der Waals surface area contributed by atoms with Crippen LogP contribution in [0.4, 0.5) is 5.82 Å². The van der Waals surface area contributed by atoms with Crippen LogP contribution in [0.15, 0.2) is 6.20 Å². The van der Waals surface area contributed by atoms with Gasteiger partial charge in [-0.25, -0.2) is 9.97 Å². The molecular weight excluding hydrogens is 376 g/mol. The Balaban J connectivity index is 1.68. The van der Waals surface area contributed by atoms with Gasteiger partial charge in [-0.2, -0.15) is 5.10 Å². The van der Waals surface area contributed by atoms with E-state index >= 15 is 0 Å². The Morgan fingerprint density at radius 3 is 2.67 bits per heavy atom. The number of carbonyl (C=O) groups is 1. The summed E-state index contributed by atoms with van der Waals surface area (Å²) in [5, 5.41) is 4.41. The lowest BCUT2D eigenvalue weighted by Crippen LogP contribution is -2.40. The van der Waals surface area contributed by atoms with Crippen molar-refractivity contribution in [3.8, 4) is 0 Å². The van der Waals surface area contributed by atoms with Crippen molar-refractivity contribution in [2.45, 2.75) is 72.4 Å². The number of aromatic nitrogens is 4. The lowest BCUT2D eigenvalue weighted by atomic mass is 9.98. The third-order valence-electron chi connectivity index (χ3n) is 6.52. The number of rotatable bonds is 5. The van der Waals surface area contributed by atoms with Crippen LogP contribution in [0.25, 0.3) is 0 Å². The summed E-state index contributed by atoms with van der Waals surface area (Å²) in [5.74, 6) is 2.31. The smallest absolute Gasteiger partial charge is 0.228 e. The maximum absolute atomic E-state index is 12.7. The van der Waals surface area contributed by atoms with Gasteiger partial charge in [-0.15, -0.1) is 0 Å². The third-order valence-corrected chi connectivity index (χ3v) is 6.52. The molecule has 2 aliphatic rings. The van der Waals surface area contributed by atoms with E-state index in [0.29, 0.717) is 18.9 Å². The van der Waals surface area contributed by atoms with Crippen LogP contribution in [0.5, 0.6) is 0 Å². The molecule has 7 heteroatoms. The van der Waals surface area contributed by atoms with Gasteiger partial charge in [0.25, 0.3) is 0 Å². The van der Waals surface area contributed by atoms with Gasteiger partial charge in [-0.05, 0) is 45.6 Å². The zero-order valence-corrected chi connectivity index (χ0v) is 19.0. The first-order chi connectivity index (χ1) is 14.3. The molecule has 0 aromatic carbocycles. The molecular formula is C23H34N6O. The Hall–Kier alpha value is -2.28. The molecule has 2 aliphatic heterocycles. The van der Waals surface area contributed by atoms with Gasteiger partial charge in [0, 0.05) is 49.1 Å². The Morgan fingerprint density at radius 1 is 1.17 bits per heavy atom. The van der Waals surface area contributed by atoms with E-state index in [4.69, 9.17) is 9.97 Å². The first-order valence-electron chi connectivity index (χ1n) is 11.2. The highest BCUT2D eigenvalue weighted by atomic mass is 16.2. The average molecular weight is 411 g/mol. The molecule has 1 amide bonds. The second-order valence-corrected chi connectivity index (χ2v) is 9.23. The highest BCUT2D eigenvalue weighted by Gasteiger charge is 2.32. The third kappa shape index (κ3) is 4.00. The van der Waals surface area contributed by atoms with Crippen LogP contribution in [0, 0.1) is 19.8 Å². The minimum atomic E-state index is 0.181. The van der Waals surface area contributed by atoms with Crippen LogP contribution >= 0.6 is 0 Å². The summed E-state index contributed by atoms with van der Waals surface area (Å²) in [6.07, 6.45) is 6.70. The van der Waals surface area contributed by atoms with E-state index in [1.165, 1.54) is 24.1 Å². The molecule has 1 atom stereocenters. The maximum atomic E-state index is 12.7. The van der Waals surface area contributed by atoms with Gasteiger partial charge in [0.05, 0.1) is 12.2 Å². The van der Waals surface area contributed by atoms with Gasteiger partial charge in [-0.1, -0.05) is 20.3 Å². The largest absolute Gasteiger partial charge is 0.296 e. The van der Waals surface area contributed by atoms with E-state index in [1.807, 2.05) is 22.8 Å². The first-order valence-corrected chi connectivity index (χ1v) is 11.2. The Kier molecular flexibility index (Phi) is 5.91. The monoisotopic (exact) mass is 410 g/mol. The highest BCUT2D eigenvalue weighted by molar-refractivity contribution is 5.95. The number of likely N-dealkylation sites (tertiary alicyclic amines) is 1. The second-order valence-electron chi connectivity index (χ2n) is 9.23. The van der Waals surface area contributed by atoms with Gasteiger partial charge in [0.15, 0.2) is 0 Å². The topological polar surface area (TPSA) is 67.2 Å². The van der Waals surface area contributed by atoms with Gasteiger partial charge in [-0.3, -0.25) is 19.3 Å². The molecule has 0 N–H and O–H groups in total. The summed E-state index contributed by atoms with van der Waals surface area (Å²) < 4.78 is 1.93. The van der Waals surface area contributed by atoms with Crippen molar-refractivity contribution in [2.24, 2.45) is 13.0 Å². The molecule has 2 aromatic heterocycles. The van der Waals surface area contributed by atoms with Gasteiger partial charge in [0.2, 0.25) is 5.91 Å². The summed E-state index contributed by atoms with van der Waals surface area (Å²) in [7, 11) is 1.99. The number of piperidine rings is 1. The zero-order valence-electron chi connectivity index (χ0n) is 19.0. The molecule has 0 saturated carbocycles. The van der Waals surface area contributed by atoms with Crippen molar-refractivity contribution < 1.29 is 4.79 Å². The van der Waals surface area contributed by atoms with Gasteiger partial charge < -0.3 is 0 Å². The summed E-state index contributed by atoms with van der Waals surface area (Å²) in [6.45, 7) is 11.1. The molecule has 1 fully saturated rings. The molecule has 7 nitrogen and oxygen atoms in total. The summed E-state index contributed by atoms with van der Waals surface area (Å²) in [4.78, 5) is 27.1. The molecule has 4 heterocycles. The molecule has 0 aliphatic carbocycles. The minimum Gasteiger partial charge on any atom is -0.296 e. The average Bonchev–Trinajstić information content (AvgIpc) is 3.02. The Labute approximate surface area is 179 Å². The molecule has 1 saturated heterocycles. The fourth-order valence-electron chi connectivity index (χ4n) is 4.70. The van der Waals surface area contributed by atoms with Gasteiger partial charge in [0.1, 0.15) is 11.6 Å². The van der Waals surface area contributed by atoms with E-state index in [9.17, 15) is 4.79 Å². The lowest BCUT2D eigenvalue weighted by Gasteiger charge is -2.36. The van der Waals surface area contributed by atoms with Crippen molar-refractivity contribution in [1.82, 2.24) is 24.6 Å². The Morgan fingerprint density at radius 2 is 1.97 bits per heavy atom. The summed E-state index contributed by atoms with van der Waals surface area (Å²) in [5.41, 5.74) is 4.63. The quantitative estimate of drug-likeness (QED) is 0.755. The molecule has 30 heavy (non-hydrogen) atoms. The van der Waals surface area contributed by atoms with E-state index in [-0.39, 0.29) is 11.9 Å². The molecule has 2 aromatic rings. The fraction of sp³-hybridized carbons (Fsp3) is 0.652.